The van der Waals surface area contributed by atoms with Crippen LogP contribution in [0.3, 0.4) is 0 Å². The first kappa shape index (κ1) is 18.6. The number of hydrogen-bond donors (Lipinski definition) is 1. The van der Waals surface area contributed by atoms with Gasteiger partial charge in [-0.1, -0.05) is 64.7 Å². The molecule has 1 N–H and O–H groups in total. The predicted octanol–water partition coefficient (Wildman–Crippen LogP) is 5.03. The molecule has 0 aromatic heterocycles. The lowest BCUT2D eigenvalue weighted by Gasteiger charge is -2.09. The highest BCUT2D eigenvalue weighted by atomic mass is 16.3. The van der Waals surface area contributed by atoms with Crippen molar-refractivity contribution in [2.24, 2.45) is 0 Å². The number of carbonyl (C=O) groups excluding carboxylic acids is 1. The van der Waals surface area contributed by atoms with Crippen molar-refractivity contribution in [1.82, 2.24) is 0 Å². The molecule has 2 nitrogen and oxygen atoms in total. The average Bonchev–Trinajstić information content (AvgIpc) is 2.38. The van der Waals surface area contributed by atoms with Crippen LogP contribution in [0.1, 0.15) is 97.3 Å². The quantitative estimate of drug-likeness (QED) is 0.450. The Labute approximate surface area is 120 Å². The van der Waals surface area contributed by atoms with Crippen LogP contribution < -0.4 is 0 Å². The molecular weight excluding hydrogens is 236 g/mol. The largest absolute Gasteiger partial charge is 0.393 e. The zero-order chi connectivity index (χ0) is 14.3. The Balaban J connectivity index is 3.08. The first-order chi connectivity index (χ1) is 9.16. The summed E-state index contributed by atoms with van der Waals surface area (Å²) < 4.78 is 0. The van der Waals surface area contributed by atoms with Crippen LogP contribution in [-0.4, -0.2) is 17.0 Å². The number of carbonyl (C=O) groups is 1. The third-order valence-electron chi connectivity index (χ3n) is 3.71. The van der Waals surface area contributed by atoms with Gasteiger partial charge in [0.1, 0.15) is 5.78 Å². The van der Waals surface area contributed by atoms with Gasteiger partial charge in [-0.2, -0.15) is 0 Å². The van der Waals surface area contributed by atoms with Crippen LogP contribution in [0.5, 0.6) is 0 Å². The Hall–Kier alpha value is -0.370. The summed E-state index contributed by atoms with van der Waals surface area (Å²) in [6.07, 6.45) is 14.9. The van der Waals surface area contributed by atoms with E-state index in [0.717, 1.165) is 32.1 Å². The predicted molar refractivity (Wildman–Crippen MR) is 82.4 cm³/mol. The van der Waals surface area contributed by atoms with Gasteiger partial charge in [0.15, 0.2) is 0 Å². The molecule has 0 radical (unpaired) electrons. The van der Waals surface area contributed by atoms with Crippen molar-refractivity contribution < 1.29 is 9.90 Å². The molecule has 0 spiro atoms. The van der Waals surface area contributed by atoms with Crippen LogP contribution in [0.2, 0.25) is 0 Å². The molecule has 1 atom stereocenters. The maximum absolute atomic E-state index is 10.8. The molecule has 1 unspecified atom stereocenters. The lowest BCUT2D eigenvalue weighted by molar-refractivity contribution is -0.117. The molecule has 0 saturated heterocycles. The molecule has 0 saturated carbocycles. The molecular formula is C17H34O2. The van der Waals surface area contributed by atoms with Gasteiger partial charge in [-0.3, -0.25) is 0 Å². The van der Waals surface area contributed by atoms with Crippen molar-refractivity contribution in [2.45, 2.75) is 103 Å². The summed E-state index contributed by atoms with van der Waals surface area (Å²) in [4.78, 5) is 10.8. The fourth-order valence-corrected chi connectivity index (χ4v) is 2.40. The second kappa shape index (κ2) is 14.0. The standard InChI is InChI=1S/C17H34O2/c1-3-4-14-17(19)15-12-10-8-6-5-7-9-11-13-16(2)18/h17,19H,3-15H2,1-2H3. The van der Waals surface area contributed by atoms with E-state index < -0.39 is 0 Å². The monoisotopic (exact) mass is 270 g/mol. The Morgan fingerprint density at radius 2 is 1.32 bits per heavy atom. The molecule has 0 amide bonds. The Kier molecular flexibility index (Phi) is 13.8. The van der Waals surface area contributed by atoms with Gasteiger partial charge in [0, 0.05) is 6.42 Å². The molecule has 0 heterocycles. The zero-order valence-electron chi connectivity index (χ0n) is 13.1. The Morgan fingerprint density at radius 1 is 0.842 bits per heavy atom. The average molecular weight is 270 g/mol. The topological polar surface area (TPSA) is 37.3 Å². The van der Waals surface area contributed by atoms with E-state index in [1.807, 2.05) is 0 Å². The number of ketones is 1. The first-order valence-electron chi connectivity index (χ1n) is 8.34. The van der Waals surface area contributed by atoms with E-state index >= 15 is 0 Å². The van der Waals surface area contributed by atoms with Crippen molar-refractivity contribution in [3.05, 3.63) is 0 Å². The van der Waals surface area contributed by atoms with Gasteiger partial charge in [0.25, 0.3) is 0 Å². The molecule has 0 aromatic carbocycles. The minimum Gasteiger partial charge on any atom is -0.393 e. The van der Waals surface area contributed by atoms with E-state index in [2.05, 4.69) is 6.92 Å². The highest BCUT2D eigenvalue weighted by Gasteiger charge is 2.02. The maximum Gasteiger partial charge on any atom is 0.129 e. The van der Waals surface area contributed by atoms with Crippen molar-refractivity contribution in [1.29, 1.82) is 0 Å². The molecule has 0 fully saturated rings. The lowest BCUT2D eigenvalue weighted by atomic mass is 10.0. The van der Waals surface area contributed by atoms with Gasteiger partial charge < -0.3 is 9.90 Å². The first-order valence-corrected chi connectivity index (χ1v) is 8.34. The van der Waals surface area contributed by atoms with E-state index in [-0.39, 0.29) is 6.10 Å². The molecule has 0 aliphatic heterocycles. The van der Waals surface area contributed by atoms with Crippen LogP contribution in [0, 0.1) is 0 Å². The van der Waals surface area contributed by atoms with Crippen LogP contribution in [0.15, 0.2) is 0 Å². The maximum atomic E-state index is 10.8. The fourth-order valence-electron chi connectivity index (χ4n) is 2.40. The van der Waals surface area contributed by atoms with Crippen LogP contribution >= 0.6 is 0 Å². The van der Waals surface area contributed by atoms with Crippen LogP contribution in [0.4, 0.5) is 0 Å². The molecule has 0 aromatic rings. The van der Waals surface area contributed by atoms with Gasteiger partial charge >= 0.3 is 0 Å². The zero-order valence-corrected chi connectivity index (χ0v) is 13.1. The van der Waals surface area contributed by atoms with E-state index in [1.54, 1.807) is 6.92 Å². The van der Waals surface area contributed by atoms with E-state index in [1.165, 1.54) is 51.4 Å². The van der Waals surface area contributed by atoms with Crippen molar-refractivity contribution in [3.8, 4) is 0 Å². The highest BCUT2D eigenvalue weighted by molar-refractivity contribution is 5.75. The highest BCUT2D eigenvalue weighted by Crippen LogP contribution is 2.13. The number of hydrogen-bond acceptors (Lipinski definition) is 2. The summed E-state index contributed by atoms with van der Waals surface area (Å²) in [5, 5.41) is 9.70. The van der Waals surface area contributed by atoms with Crippen LogP contribution in [0.25, 0.3) is 0 Å². The normalized spacial score (nSPS) is 12.6. The number of unbranched alkanes of at least 4 members (excludes halogenated alkanes) is 8. The van der Waals surface area contributed by atoms with Crippen molar-refractivity contribution >= 4 is 5.78 Å². The molecule has 0 aliphatic carbocycles. The summed E-state index contributed by atoms with van der Waals surface area (Å²) in [6.45, 7) is 3.85. The number of aliphatic hydroxyl groups excluding tert-OH is 1. The third kappa shape index (κ3) is 15.6. The molecule has 114 valence electrons. The summed E-state index contributed by atoms with van der Waals surface area (Å²) in [5.41, 5.74) is 0. The van der Waals surface area contributed by atoms with Crippen molar-refractivity contribution in [3.63, 3.8) is 0 Å². The molecule has 19 heavy (non-hydrogen) atoms. The number of Topliss-reactive ketones (excluding diaryl/α,β-unsaturated/α-hetero) is 1. The molecule has 0 rings (SSSR count). The smallest absolute Gasteiger partial charge is 0.129 e. The second-order valence-electron chi connectivity index (χ2n) is 5.87. The lowest BCUT2D eigenvalue weighted by Crippen LogP contribution is -2.05. The minimum absolute atomic E-state index is 0.0634. The van der Waals surface area contributed by atoms with Gasteiger partial charge in [-0.25, -0.2) is 0 Å². The minimum atomic E-state index is -0.0634. The van der Waals surface area contributed by atoms with E-state index in [4.69, 9.17) is 0 Å². The number of rotatable bonds is 14. The van der Waals surface area contributed by atoms with E-state index in [0.29, 0.717) is 5.78 Å². The van der Waals surface area contributed by atoms with Gasteiger partial charge in [0.05, 0.1) is 6.10 Å². The Morgan fingerprint density at radius 3 is 1.84 bits per heavy atom. The van der Waals surface area contributed by atoms with Gasteiger partial charge in [0.2, 0.25) is 0 Å². The van der Waals surface area contributed by atoms with Gasteiger partial charge in [-0.15, -0.1) is 0 Å². The van der Waals surface area contributed by atoms with E-state index in [9.17, 15) is 9.90 Å². The van der Waals surface area contributed by atoms with Gasteiger partial charge in [-0.05, 0) is 26.2 Å². The number of aliphatic hydroxyl groups is 1. The summed E-state index contributed by atoms with van der Waals surface area (Å²) >= 11 is 0. The molecule has 2 heteroatoms. The third-order valence-corrected chi connectivity index (χ3v) is 3.71. The summed E-state index contributed by atoms with van der Waals surface area (Å²) in [7, 11) is 0. The fraction of sp³-hybridized carbons (Fsp3) is 0.941. The SMILES string of the molecule is CCCCC(O)CCCCCCCCCCC(C)=O. The van der Waals surface area contributed by atoms with Crippen LogP contribution in [-0.2, 0) is 4.79 Å². The Bertz CT molecular complexity index is 201. The van der Waals surface area contributed by atoms with Crippen molar-refractivity contribution in [2.75, 3.05) is 0 Å². The summed E-state index contributed by atoms with van der Waals surface area (Å²) in [6, 6.07) is 0. The molecule has 0 aliphatic rings. The molecule has 0 bridgehead atoms. The summed E-state index contributed by atoms with van der Waals surface area (Å²) in [5.74, 6) is 0.321. The second-order valence-corrected chi connectivity index (χ2v) is 5.87.